The number of imidazole rings is 1. The molecule has 7 heteroatoms. The van der Waals surface area contributed by atoms with Gasteiger partial charge in [0.1, 0.15) is 18.1 Å². The summed E-state index contributed by atoms with van der Waals surface area (Å²) in [6.45, 7) is 13.0. The van der Waals surface area contributed by atoms with Gasteiger partial charge in [-0.25, -0.2) is 9.98 Å². The highest BCUT2D eigenvalue weighted by Crippen LogP contribution is 2.26. The molecule has 0 aliphatic rings. The Hall–Kier alpha value is -1.77. The first-order valence-corrected chi connectivity index (χ1v) is 9.64. The molecule has 0 aliphatic carbocycles. The van der Waals surface area contributed by atoms with Gasteiger partial charge >= 0.3 is 0 Å². The summed E-state index contributed by atoms with van der Waals surface area (Å²) in [4.78, 5) is 9.20. The maximum atomic E-state index is 5.52. The molecule has 0 bridgehead atoms. The number of ether oxygens (including phenoxy) is 1. The zero-order chi connectivity index (χ0) is 19.8. The lowest BCUT2D eigenvalue weighted by atomic mass is 10.0. The van der Waals surface area contributed by atoms with Crippen molar-refractivity contribution >= 4 is 29.9 Å². The van der Waals surface area contributed by atoms with Gasteiger partial charge in [0.25, 0.3) is 0 Å². The van der Waals surface area contributed by atoms with Crippen LogP contribution in [0.1, 0.15) is 50.7 Å². The number of halogens is 1. The second-order valence-electron chi connectivity index (χ2n) is 7.20. The van der Waals surface area contributed by atoms with Crippen LogP contribution in [0.25, 0.3) is 0 Å². The van der Waals surface area contributed by atoms with Crippen molar-refractivity contribution in [2.24, 2.45) is 10.9 Å². The van der Waals surface area contributed by atoms with E-state index in [4.69, 9.17) is 9.73 Å². The van der Waals surface area contributed by atoms with Gasteiger partial charge in [-0.15, -0.1) is 24.0 Å². The number of nitrogens with one attached hydrogen (secondary N) is 2. The second-order valence-corrected chi connectivity index (χ2v) is 7.20. The zero-order valence-corrected chi connectivity index (χ0v) is 20.2. The molecule has 1 heterocycles. The van der Waals surface area contributed by atoms with Gasteiger partial charge in [-0.3, -0.25) is 0 Å². The molecular weight excluding hydrogens is 465 g/mol. The van der Waals surface area contributed by atoms with Gasteiger partial charge in [-0.05, 0) is 32.8 Å². The summed E-state index contributed by atoms with van der Waals surface area (Å²) >= 11 is 0. The average molecular weight is 499 g/mol. The number of rotatable bonds is 8. The minimum absolute atomic E-state index is 0. The normalized spacial score (nSPS) is 12.5. The molecule has 0 saturated carbocycles. The van der Waals surface area contributed by atoms with Gasteiger partial charge < -0.3 is 19.9 Å². The summed E-state index contributed by atoms with van der Waals surface area (Å²) < 4.78 is 7.69. The summed E-state index contributed by atoms with van der Waals surface area (Å²) in [5.41, 5.74) is 2.32. The Balaban J connectivity index is 0.00000392. The first kappa shape index (κ1) is 24.3. The minimum Gasteiger partial charge on any atom is -0.496 e. The largest absolute Gasteiger partial charge is 0.496 e. The van der Waals surface area contributed by atoms with Crippen molar-refractivity contribution in [2.75, 3.05) is 13.7 Å². The number of benzene rings is 1. The molecule has 0 amide bonds. The van der Waals surface area contributed by atoms with Gasteiger partial charge in [0.05, 0.1) is 13.2 Å². The van der Waals surface area contributed by atoms with Crippen LogP contribution in [0.5, 0.6) is 5.75 Å². The van der Waals surface area contributed by atoms with Crippen LogP contribution < -0.4 is 15.4 Å². The van der Waals surface area contributed by atoms with Crippen molar-refractivity contribution in [2.45, 2.75) is 53.8 Å². The third kappa shape index (κ3) is 7.00. The smallest absolute Gasteiger partial charge is 0.192 e. The van der Waals surface area contributed by atoms with E-state index in [1.165, 1.54) is 5.56 Å². The summed E-state index contributed by atoms with van der Waals surface area (Å²) in [5, 5.41) is 6.80. The number of hydrogen-bond donors (Lipinski definition) is 2. The highest BCUT2D eigenvalue weighted by atomic mass is 127. The molecule has 0 fully saturated rings. The van der Waals surface area contributed by atoms with Crippen LogP contribution in [0.4, 0.5) is 0 Å². The van der Waals surface area contributed by atoms with Crippen LogP contribution in [-0.4, -0.2) is 29.2 Å². The van der Waals surface area contributed by atoms with Gasteiger partial charge in [0.2, 0.25) is 0 Å². The summed E-state index contributed by atoms with van der Waals surface area (Å²) in [6, 6.07) is 6.28. The van der Waals surface area contributed by atoms with Crippen LogP contribution >= 0.6 is 24.0 Å². The number of methoxy groups -OCH3 is 1. The van der Waals surface area contributed by atoms with Crippen molar-refractivity contribution in [1.82, 2.24) is 20.2 Å². The molecule has 2 aromatic rings. The van der Waals surface area contributed by atoms with Gasteiger partial charge in [0, 0.05) is 31.0 Å². The molecule has 1 aromatic carbocycles. The number of nitrogens with zero attached hydrogens (tertiary/aromatic N) is 3. The standard InChI is InChI=1S/C21H33N5O.HI/c1-7-22-21(24-13-20-23-10-11-26(20)14-15(2)3)25-17(5)18-12-16(4)8-9-19(18)27-6;/h8-12,15,17H,7,13-14H2,1-6H3,(H2,22,24,25);1H. The third-order valence-corrected chi connectivity index (χ3v) is 4.29. The lowest BCUT2D eigenvalue weighted by Crippen LogP contribution is -2.38. The van der Waals surface area contributed by atoms with E-state index in [0.717, 1.165) is 36.2 Å². The molecule has 6 nitrogen and oxygen atoms in total. The van der Waals surface area contributed by atoms with Crippen molar-refractivity contribution in [3.05, 3.63) is 47.5 Å². The fraction of sp³-hybridized carbons (Fsp3) is 0.524. The number of aryl methyl sites for hydroxylation is 1. The average Bonchev–Trinajstić information content (AvgIpc) is 3.06. The fourth-order valence-corrected chi connectivity index (χ4v) is 3.00. The van der Waals surface area contributed by atoms with Crippen LogP contribution in [0.2, 0.25) is 0 Å². The topological polar surface area (TPSA) is 63.5 Å². The van der Waals surface area contributed by atoms with Gasteiger partial charge in [0.15, 0.2) is 5.96 Å². The molecule has 0 aliphatic heterocycles. The molecule has 1 atom stereocenters. The van der Waals surface area contributed by atoms with Crippen molar-refractivity contribution in [1.29, 1.82) is 0 Å². The Morgan fingerprint density at radius 1 is 1.29 bits per heavy atom. The minimum atomic E-state index is 0. The Kier molecular flexibility index (Phi) is 10.3. The van der Waals surface area contributed by atoms with E-state index in [1.807, 2.05) is 18.5 Å². The fourth-order valence-electron chi connectivity index (χ4n) is 3.00. The third-order valence-electron chi connectivity index (χ3n) is 4.29. The van der Waals surface area contributed by atoms with E-state index in [2.05, 4.69) is 66.9 Å². The lowest BCUT2D eigenvalue weighted by molar-refractivity contribution is 0.405. The van der Waals surface area contributed by atoms with Crippen molar-refractivity contribution < 1.29 is 4.74 Å². The Morgan fingerprint density at radius 3 is 2.68 bits per heavy atom. The van der Waals surface area contributed by atoms with Crippen LogP contribution in [0.15, 0.2) is 35.6 Å². The van der Waals surface area contributed by atoms with Crippen LogP contribution in [0, 0.1) is 12.8 Å². The maximum Gasteiger partial charge on any atom is 0.192 e. The number of guanidine groups is 1. The van der Waals surface area contributed by atoms with E-state index in [9.17, 15) is 0 Å². The number of hydrogen-bond acceptors (Lipinski definition) is 3. The quantitative estimate of drug-likeness (QED) is 0.323. The molecule has 1 unspecified atom stereocenters. The van der Waals surface area contributed by atoms with E-state index in [-0.39, 0.29) is 30.0 Å². The van der Waals surface area contributed by atoms with Crippen molar-refractivity contribution in [3.63, 3.8) is 0 Å². The predicted octanol–water partition coefficient (Wildman–Crippen LogP) is 4.29. The monoisotopic (exact) mass is 499 g/mol. The molecule has 2 N–H and O–H groups in total. The Labute approximate surface area is 186 Å². The highest BCUT2D eigenvalue weighted by molar-refractivity contribution is 14.0. The number of aromatic nitrogens is 2. The molecule has 0 radical (unpaired) electrons. The van der Waals surface area contributed by atoms with Crippen molar-refractivity contribution in [3.8, 4) is 5.75 Å². The first-order chi connectivity index (χ1) is 12.9. The summed E-state index contributed by atoms with van der Waals surface area (Å²) in [7, 11) is 1.70. The van der Waals surface area contributed by atoms with E-state index < -0.39 is 0 Å². The molecular formula is C21H34IN5O. The predicted molar refractivity (Wildman–Crippen MR) is 127 cm³/mol. The molecule has 2 rings (SSSR count). The van der Waals surface area contributed by atoms with Crippen LogP contribution in [-0.2, 0) is 13.1 Å². The SMILES string of the molecule is CCNC(=NCc1nccn1CC(C)C)NC(C)c1cc(C)ccc1OC.I. The molecule has 0 saturated heterocycles. The molecule has 1 aromatic heterocycles. The first-order valence-electron chi connectivity index (χ1n) is 9.64. The molecule has 28 heavy (non-hydrogen) atoms. The molecule has 156 valence electrons. The highest BCUT2D eigenvalue weighted by Gasteiger charge is 2.13. The van der Waals surface area contributed by atoms with E-state index in [1.54, 1.807) is 7.11 Å². The maximum absolute atomic E-state index is 5.52. The van der Waals surface area contributed by atoms with Gasteiger partial charge in [-0.1, -0.05) is 31.5 Å². The summed E-state index contributed by atoms with van der Waals surface area (Å²) in [5.74, 6) is 3.19. The molecule has 0 spiro atoms. The lowest BCUT2D eigenvalue weighted by Gasteiger charge is -2.20. The number of aliphatic imine (C=N–C) groups is 1. The summed E-state index contributed by atoms with van der Waals surface area (Å²) in [6.07, 6.45) is 3.86. The van der Waals surface area contributed by atoms with E-state index in [0.29, 0.717) is 12.5 Å². The van der Waals surface area contributed by atoms with Gasteiger partial charge in [-0.2, -0.15) is 0 Å². The zero-order valence-electron chi connectivity index (χ0n) is 17.8. The second kappa shape index (κ2) is 11.9. The van der Waals surface area contributed by atoms with Crippen LogP contribution in [0.3, 0.4) is 0 Å². The Morgan fingerprint density at radius 2 is 2.04 bits per heavy atom. The Bertz CT molecular complexity index is 757. The van der Waals surface area contributed by atoms with E-state index >= 15 is 0 Å².